The van der Waals surface area contributed by atoms with Crippen molar-refractivity contribution in [1.82, 2.24) is 40.0 Å². The molecule has 3 amide bonds. The first-order valence-electron chi connectivity index (χ1n) is 34.0. The number of carbonyl (C=O) groups is 3. The van der Waals surface area contributed by atoms with Crippen LogP contribution >= 0.6 is 0 Å². The van der Waals surface area contributed by atoms with E-state index < -0.39 is 0 Å². The normalized spacial score (nSPS) is 16.2. The van der Waals surface area contributed by atoms with Gasteiger partial charge >= 0.3 is 0 Å². The Kier molecular flexibility index (Phi) is 23.9. The first kappa shape index (κ1) is 71.0. The van der Waals surface area contributed by atoms with Gasteiger partial charge in [0.15, 0.2) is 0 Å². The average molecular weight is 1360 g/mol. The molecular formula is C82H86N8O11. The number of amides is 3. The summed E-state index contributed by atoms with van der Waals surface area (Å²) < 4.78 is 38.1. The maximum atomic E-state index is 13.1. The number of nitrogens with zero attached hydrogens (tertiary/aromatic N) is 7. The molecule has 4 atom stereocenters. The molecule has 19 nitrogen and oxygen atoms in total. The molecule has 101 heavy (non-hydrogen) atoms. The summed E-state index contributed by atoms with van der Waals surface area (Å²) in [4.78, 5) is 61.1. The largest absolute Gasteiger partial charge is 0.508 e. The van der Waals surface area contributed by atoms with Crippen LogP contribution in [0.15, 0.2) is 207 Å². The van der Waals surface area contributed by atoms with E-state index in [9.17, 15) is 19.5 Å². The topological polar surface area (TPSA) is 209 Å². The summed E-state index contributed by atoms with van der Waals surface area (Å²) in [7, 11) is 6.27. The molecule has 4 aliphatic rings. The Bertz CT molecular complexity index is 4400. The van der Waals surface area contributed by atoms with Crippen molar-refractivity contribution in [3.8, 4) is 46.4 Å². The van der Waals surface area contributed by atoms with Crippen LogP contribution in [0, 0.1) is 0 Å². The number of benzene rings is 6. The number of nitrogens with one attached hydrogen (secondary N) is 1. The number of phenolic OH excluding ortho intramolecular Hbond substituents is 1. The monoisotopic (exact) mass is 1360 g/mol. The molecule has 0 radical (unpaired) electrons. The van der Waals surface area contributed by atoms with Crippen LogP contribution in [0.4, 0.5) is 0 Å². The quantitative estimate of drug-likeness (QED) is 0.0921. The van der Waals surface area contributed by atoms with Gasteiger partial charge in [0.1, 0.15) is 48.6 Å². The van der Waals surface area contributed by atoms with Crippen molar-refractivity contribution in [2.24, 2.45) is 0 Å². The van der Waals surface area contributed by atoms with E-state index in [1.54, 1.807) is 95.6 Å². The summed E-state index contributed by atoms with van der Waals surface area (Å²) in [6.45, 7) is 12.9. The van der Waals surface area contributed by atoms with Gasteiger partial charge in [-0.2, -0.15) is 0 Å². The van der Waals surface area contributed by atoms with Crippen molar-refractivity contribution in [2.45, 2.75) is 97.4 Å². The number of aromatic nitrogens is 4. The van der Waals surface area contributed by atoms with Crippen LogP contribution in [0.1, 0.15) is 144 Å². The summed E-state index contributed by atoms with van der Waals surface area (Å²) in [5, 5.41) is 13.2. The van der Waals surface area contributed by atoms with Crippen molar-refractivity contribution in [2.75, 3.05) is 54.6 Å². The van der Waals surface area contributed by atoms with Crippen LogP contribution in [0.5, 0.6) is 46.4 Å². The second-order valence-corrected chi connectivity index (χ2v) is 25.0. The first-order chi connectivity index (χ1) is 49.2. The van der Waals surface area contributed by atoms with E-state index in [0.717, 1.165) is 77.4 Å². The third-order valence-electron chi connectivity index (χ3n) is 18.7. The Morgan fingerprint density at radius 3 is 1.18 bits per heavy atom. The molecule has 2 N–H and O–H groups in total. The molecule has 0 bridgehead atoms. The zero-order valence-electron chi connectivity index (χ0n) is 58.4. The number of rotatable bonds is 16. The van der Waals surface area contributed by atoms with Gasteiger partial charge in [0.25, 0.3) is 17.7 Å². The fourth-order valence-electron chi connectivity index (χ4n) is 12.9. The predicted octanol–water partition coefficient (Wildman–Crippen LogP) is 14.3. The van der Waals surface area contributed by atoms with Gasteiger partial charge in [0, 0.05) is 62.5 Å². The van der Waals surface area contributed by atoms with E-state index in [-0.39, 0.29) is 41.6 Å². The van der Waals surface area contributed by atoms with Crippen LogP contribution in [0.3, 0.4) is 0 Å². The van der Waals surface area contributed by atoms with Crippen LogP contribution in [0.25, 0.3) is 0 Å². The van der Waals surface area contributed by atoms with Crippen molar-refractivity contribution in [1.29, 1.82) is 0 Å². The highest BCUT2D eigenvalue weighted by molar-refractivity contribution is 5.95. The first-order valence-corrected chi connectivity index (χ1v) is 34.0. The van der Waals surface area contributed by atoms with Crippen molar-refractivity contribution >= 4 is 17.7 Å². The fourth-order valence-corrected chi connectivity index (χ4v) is 12.9. The Morgan fingerprint density at radius 2 is 0.792 bits per heavy atom. The maximum absolute atomic E-state index is 13.1. The summed E-state index contributed by atoms with van der Waals surface area (Å²) in [6, 6.07) is 58.8. The number of pyridine rings is 4. The molecule has 0 saturated heterocycles. The highest BCUT2D eigenvalue weighted by Crippen LogP contribution is 2.37. The number of aromatic hydroxyl groups is 1. The van der Waals surface area contributed by atoms with E-state index in [1.807, 2.05) is 113 Å². The number of hydrogen-bond acceptors (Lipinski definition) is 16. The van der Waals surface area contributed by atoms with Crippen molar-refractivity contribution < 1.29 is 52.6 Å². The minimum atomic E-state index is -0.0783. The molecule has 6 aromatic carbocycles. The lowest BCUT2D eigenvalue weighted by Crippen LogP contribution is -2.38. The summed E-state index contributed by atoms with van der Waals surface area (Å²) >= 11 is 0. The minimum Gasteiger partial charge on any atom is -0.508 e. The molecule has 520 valence electrons. The van der Waals surface area contributed by atoms with E-state index in [1.165, 1.54) is 39.6 Å². The smallest absolute Gasteiger partial charge is 0.255 e. The molecule has 0 aliphatic carbocycles. The Labute approximate surface area is 590 Å². The zero-order valence-corrected chi connectivity index (χ0v) is 58.4. The molecular weight excluding hydrogens is 1270 g/mol. The molecule has 10 aromatic rings. The molecule has 0 fully saturated rings. The number of phenols is 1. The molecule has 0 spiro atoms. The van der Waals surface area contributed by atoms with Gasteiger partial charge in [-0.05, 0) is 194 Å². The summed E-state index contributed by atoms with van der Waals surface area (Å²) in [6.07, 6.45) is 9.86. The van der Waals surface area contributed by atoms with Gasteiger partial charge in [-0.1, -0.05) is 84.9 Å². The van der Waals surface area contributed by atoms with Crippen molar-refractivity contribution in [3.63, 3.8) is 0 Å². The predicted molar refractivity (Wildman–Crippen MR) is 386 cm³/mol. The minimum absolute atomic E-state index is 0.0195. The SMILES string of the molecule is CC1NCCc2ccc(OCc3ccccc3)cc21.COc1ccc(C(=O)N2CCc3ccc(O)cc3C2C)cn1.COc1ccc(C(=O)N2CCc3ccc(OCc4ccccc4)cc3C2C)cn1.COc1ccc(COc2ccc3c(c2)C(C)N(C(=O)c2ccc(OC)nc2)CC3)nc1. The zero-order chi connectivity index (χ0) is 70.8. The Balaban J connectivity index is 0.000000138. The lowest BCUT2D eigenvalue weighted by atomic mass is 9.92. The lowest BCUT2D eigenvalue weighted by Gasteiger charge is -2.35. The van der Waals surface area contributed by atoms with Crippen LogP contribution in [-0.4, -0.2) is 112 Å². The Morgan fingerprint density at radius 1 is 0.406 bits per heavy atom. The Hall–Kier alpha value is -11.3. The summed E-state index contributed by atoms with van der Waals surface area (Å²) in [5.74, 6) is 4.82. The van der Waals surface area contributed by atoms with E-state index in [0.29, 0.717) is 85.6 Å². The average Bonchev–Trinajstić information content (AvgIpc) is 0.796. The number of methoxy groups -OCH3 is 4. The van der Waals surface area contributed by atoms with Crippen LogP contribution in [0.2, 0.25) is 0 Å². The van der Waals surface area contributed by atoms with Crippen molar-refractivity contribution in [3.05, 3.63) is 285 Å². The fraction of sp³-hybridized carbons (Fsp3) is 0.280. The third-order valence-corrected chi connectivity index (χ3v) is 18.7. The molecule has 4 aromatic heterocycles. The molecule has 19 heteroatoms. The van der Waals surface area contributed by atoms with Gasteiger partial charge < -0.3 is 58.3 Å². The molecule has 4 aliphatic heterocycles. The standard InChI is InChI=1S/C24H25N3O4.C24H24N2O3.C17H18N2O3.C17H19NO/c1-16-22-12-20(31-15-19-6-8-21(29-2)14-25-19)7-4-17(22)10-11-27(16)24(28)18-5-9-23(30-3)26-13-18;1-17-22-14-21(29-16-18-6-4-3-5-7-18)10-8-19(22)12-13-26(17)24(27)20-9-11-23(28-2)25-15-20;1-11-15-9-14(20)5-3-12(15)7-8-19(11)17(21)13-4-6-16(22-2)18-10-13;1-13-17-11-16(8-7-15(17)9-10-18-13)19-12-14-5-3-2-4-6-14/h4-9,12-14,16H,10-11,15H2,1-3H3;3-11,14-15,17H,12-13,16H2,1-2H3;3-6,9-11,20H,7-8H2,1-2H3;2-8,11,13,18H,9-10,12H2,1H3. The van der Waals surface area contributed by atoms with Gasteiger partial charge in [-0.15, -0.1) is 0 Å². The van der Waals surface area contributed by atoms with Gasteiger partial charge in [-0.3, -0.25) is 19.4 Å². The van der Waals surface area contributed by atoms with Gasteiger partial charge in [0.05, 0.1) is 75.1 Å². The highest BCUT2D eigenvalue weighted by Gasteiger charge is 2.32. The second-order valence-electron chi connectivity index (χ2n) is 25.0. The molecule has 14 rings (SSSR count). The van der Waals surface area contributed by atoms with E-state index in [2.05, 4.69) is 87.6 Å². The van der Waals surface area contributed by atoms with Gasteiger partial charge in [0.2, 0.25) is 17.6 Å². The lowest BCUT2D eigenvalue weighted by molar-refractivity contribution is 0.0669. The van der Waals surface area contributed by atoms with E-state index >= 15 is 0 Å². The number of hydrogen-bond donors (Lipinski definition) is 2. The number of ether oxygens (including phenoxy) is 7. The molecule has 4 unspecified atom stereocenters. The maximum Gasteiger partial charge on any atom is 0.255 e. The number of fused-ring (bicyclic) bond motifs is 4. The van der Waals surface area contributed by atoms with Crippen LogP contribution < -0.4 is 38.5 Å². The highest BCUT2D eigenvalue weighted by atomic mass is 16.5. The molecule has 8 heterocycles. The number of carbonyl (C=O) groups excluding carboxylic acids is 3. The second kappa shape index (κ2) is 34.0. The van der Waals surface area contributed by atoms with E-state index in [4.69, 9.17) is 33.2 Å². The summed E-state index contributed by atoms with van der Waals surface area (Å²) in [5.41, 5.74) is 14.5. The van der Waals surface area contributed by atoms with Gasteiger partial charge in [-0.25, -0.2) is 15.0 Å². The third kappa shape index (κ3) is 18.0. The molecule has 0 saturated carbocycles. The van der Waals surface area contributed by atoms with Crippen LogP contribution in [-0.2, 0) is 45.5 Å².